The SMILES string of the molecule is CS(=O)(=O)CCSc1cc(Br)ccc1C(=O)O. The lowest BCUT2D eigenvalue weighted by Gasteiger charge is -2.05. The van der Waals surface area contributed by atoms with Gasteiger partial charge in [-0.25, -0.2) is 13.2 Å². The van der Waals surface area contributed by atoms with Crippen LogP contribution < -0.4 is 0 Å². The van der Waals surface area contributed by atoms with Gasteiger partial charge in [0.1, 0.15) is 9.84 Å². The number of carboxylic acid groups (broad SMARTS) is 1. The monoisotopic (exact) mass is 338 g/mol. The predicted octanol–water partition coefficient (Wildman–Crippen LogP) is 2.28. The predicted molar refractivity (Wildman–Crippen MR) is 71.5 cm³/mol. The molecule has 0 atom stereocenters. The molecule has 4 nitrogen and oxygen atoms in total. The van der Waals surface area contributed by atoms with Crippen LogP contribution in [0.1, 0.15) is 10.4 Å². The maximum atomic E-state index is 11.0. The van der Waals surface area contributed by atoms with Gasteiger partial charge in [0.2, 0.25) is 0 Å². The van der Waals surface area contributed by atoms with Gasteiger partial charge in [0.05, 0.1) is 11.3 Å². The number of aromatic carboxylic acids is 1. The minimum absolute atomic E-state index is 0.0310. The Bertz CT molecular complexity index is 525. The van der Waals surface area contributed by atoms with Crippen LogP contribution in [0.25, 0.3) is 0 Å². The Labute approximate surface area is 112 Å². The quantitative estimate of drug-likeness (QED) is 0.834. The summed E-state index contributed by atoms with van der Waals surface area (Å²) in [5, 5.41) is 8.97. The first-order chi connectivity index (χ1) is 7.79. The molecule has 7 heteroatoms. The molecule has 0 fully saturated rings. The van der Waals surface area contributed by atoms with Gasteiger partial charge in [-0.05, 0) is 18.2 Å². The molecule has 0 unspecified atom stereocenters. The number of benzene rings is 1. The molecular weight excluding hydrogens is 328 g/mol. The third-order valence-electron chi connectivity index (χ3n) is 1.89. The van der Waals surface area contributed by atoms with Crippen molar-refractivity contribution in [2.45, 2.75) is 4.90 Å². The van der Waals surface area contributed by atoms with E-state index < -0.39 is 15.8 Å². The van der Waals surface area contributed by atoms with Crippen molar-refractivity contribution < 1.29 is 18.3 Å². The average Bonchev–Trinajstić information content (AvgIpc) is 2.15. The standard InChI is InChI=1S/C10H11BrO4S2/c1-17(14,15)5-4-16-9-6-7(11)2-3-8(9)10(12)13/h2-3,6H,4-5H2,1H3,(H,12,13). The Kier molecular flexibility index (Phi) is 5.03. The van der Waals surface area contributed by atoms with Crippen LogP contribution in [-0.4, -0.2) is 37.3 Å². The zero-order valence-electron chi connectivity index (χ0n) is 9.01. The number of hydrogen-bond acceptors (Lipinski definition) is 4. The highest BCUT2D eigenvalue weighted by molar-refractivity contribution is 9.10. The minimum atomic E-state index is -3.02. The van der Waals surface area contributed by atoms with E-state index in [2.05, 4.69) is 15.9 Å². The number of thioether (sulfide) groups is 1. The maximum Gasteiger partial charge on any atom is 0.336 e. The minimum Gasteiger partial charge on any atom is -0.478 e. The number of hydrogen-bond donors (Lipinski definition) is 1. The molecule has 1 aromatic rings. The van der Waals surface area contributed by atoms with Gasteiger partial charge >= 0.3 is 5.97 Å². The van der Waals surface area contributed by atoms with E-state index in [1.54, 1.807) is 12.1 Å². The highest BCUT2D eigenvalue weighted by Crippen LogP contribution is 2.26. The van der Waals surface area contributed by atoms with Gasteiger partial charge in [0.15, 0.2) is 0 Å². The van der Waals surface area contributed by atoms with Crippen molar-refractivity contribution in [2.75, 3.05) is 17.8 Å². The molecule has 0 radical (unpaired) electrons. The summed E-state index contributed by atoms with van der Waals surface area (Å²) < 4.78 is 22.7. The summed E-state index contributed by atoms with van der Waals surface area (Å²) in [7, 11) is -3.02. The highest BCUT2D eigenvalue weighted by atomic mass is 79.9. The Morgan fingerprint density at radius 2 is 2.12 bits per heavy atom. The van der Waals surface area contributed by atoms with Crippen LogP contribution in [0.15, 0.2) is 27.6 Å². The third kappa shape index (κ3) is 5.10. The molecule has 1 N–H and O–H groups in total. The lowest BCUT2D eigenvalue weighted by Crippen LogP contribution is -2.06. The summed E-state index contributed by atoms with van der Waals surface area (Å²) in [6.45, 7) is 0. The fourth-order valence-electron chi connectivity index (χ4n) is 1.10. The molecule has 0 aliphatic heterocycles. The summed E-state index contributed by atoms with van der Waals surface area (Å²) in [6.07, 6.45) is 1.16. The van der Waals surface area contributed by atoms with Crippen molar-refractivity contribution >= 4 is 43.5 Å². The fraction of sp³-hybridized carbons (Fsp3) is 0.300. The summed E-state index contributed by atoms with van der Waals surface area (Å²) in [5.41, 5.74) is 0.187. The second kappa shape index (κ2) is 5.88. The summed E-state index contributed by atoms with van der Waals surface area (Å²) >= 11 is 4.48. The molecule has 94 valence electrons. The van der Waals surface area contributed by atoms with Crippen LogP contribution >= 0.6 is 27.7 Å². The number of rotatable bonds is 5. The van der Waals surface area contributed by atoms with Crippen LogP contribution in [0.2, 0.25) is 0 Å². The second-order valence-electron chi connectivity index (χ2n) is 3.42. The van der Waals surface area contributed by atoms with Crippen molar-refractivity contribution in [1.82, 2.24) is 0 Å². The van der Waals surface area contributed by atoms with Crippen LogP contribution in [0.5, 0.6) is 0 Å². The molecule has 0 heterocycles. The molecular formula is C10H11BrO4S2. The van der Waals surface area contributed by atoms with Crippen molar-refractivity contribution in [3.8, 4) is 0 Å². The first-order valence-electron chi connectivity index (χ1n) is 4.63. The Balaban J connectivity index is 2.82. The molecule has 0 bridgehead atoms. The third-order valence-corrected chi connectivity index (χ3v) is 4.64. The van der Waals surface area contributed by atoms with Crippen LogP contribution in [0.4, 0.5) is 0 Å². The Hall–Kier alpha value is -0.530. The molecule has 1 rings (SSSR count). The van der Waals surface area contributed by atoms with E-state index in [1.165, 1.54) is 17.8 Å². The summed E-state index contributed by atoms with van der Waals surface area (Å²) in [6, 6.07) is 4.82. The lowest BCUT2D eigenvalue weighted by molar-refractivity contribution is 0.0693. The smallest absolute Gasteiger partial charge is 0.336 e. The Morgan fingerprint density at radius 1 is 1.47 bits per heavy atom. The number of carbonyl (C=O) groups is 1. The van der Waals surface area contributed by atoms with Crippen molar-refractivity contribution in [3.05, 3.63) is 28.2 Å². The summed E-state index contributed by atoms with van der Waals surface area (Å²) in [4.78, 5) is 11.5. The summed E-state index contributed by atoms with van der Waals surface area (Å²) in [5.74, 6) is -0.641. The molecule has 0 aliphatic rings. The average molecular weight is 339 g/mol. The van der Waals surface area contributed by atoms with Crippen LogP contribution in [-0.2, 0) is 9.84 Å². The molecule has 0 spiro atoms. The van der Waals surface area contributed by atoms with Gasteiger partial charge in [-0.2, -0.15) is 0 Å². The van der Waals surface area contributed by atoms with Crippen LogP contribution in [0, 0.1) is 0 Å². The topological polar surface area (TPSA) is 71.4 Å². The van der Waals surface area contributed by atoms with Gasteiger partial charge in [-0.1, -0.05) is 15.9 Å². The molecule has 17 heavy (non-hydrogen) atoms. The van der Waals surface area contributed by atoms with E-state index in [-0.39, 0.29) is 11.3 Å². The highest BCUT2D eigenvalue weighted by Gasteiger charge is 2.11. The molecule has 0 aromatic heterocycles. The van der Waals surface area contributed by atoms with Crippen molar-refractivity contribution in [2.24, 2.45) is 0 Å². The number of sulfone groups is 1. The normalized spacial score (nSPS) is 11.4. The van der Waals surface area contributed by atoms with Crippen LogP contribution in [0.3, 0.4) is 0 Å². The largest absolute Gasteiger partial charge is 0.478 e. The first-order valence-corrected chi connectivity index (χ1v) is 8.47. The van der Waals surface area contributed by atoms with Gasteiger partial charge in [0, 0.05) is 21.4 Å². The van der Waals surface area contributed by atoms with Crippen molar-refractivity contribution in [1.29, 1.82) is 0 Å². The van der Waals surface area contributed by atoms with Gasteiger partial charge in [-0.15, -0.1) is 11.8 Å². The first kappa shape index (κ1) is 14.5. The molecule has 0 saturated carbocycles. The van der Waals surface area contributed by atoms with E-state index in [4.69, 9.17) is 5.11 Å². The number of halogens is 1. The molecule has 1 aromatic carbocycles. The van der Waals surface area contributed by atoms with E-state index >= 15 is 0 Å². The van der Waals surface area contributed by atoms with E-state index in [0.29, 0.717) is 10.6 Å². The zero-order valence-corrected chi connectivity index (χ0v) is 12.2. The lowest BCUT2D eigenvalue weighted by atomic mass is 10.2. The second-order valence-corrected chi connectivity index (χ2v) is 7.74. The van der Waals surface area contributed by atoms with Gasteiger partial charge in [-0.3, -0.25) is 0 Å². The van der Waals surface area contributed by atoms with E-state index in [1.807, 2.05) is 0 Å². The molecule has 0 saturated heterocycles. The van der Waals surface area contributed by atoms with Crippen molar-refractivity contribution in [3.63, 3.8) is 0 Å². The fourth-order valence-corrected chi connectivity index (χ4v) is 3.89. The number of carboxylic acids is 1. The zero-order chi connectivity index (χ0) is 13.1. The van der Waals surface area contributed by atoms with Gasteiger partial charge < -0.3 is 5.11 Å². The van der Waals surface area contributed by atoms with E-state index in [9.17, 15) is 13.2 Å². The van der Waals surface area contributed by atoms with E-state index in [0.717, 1.165) is 10.7 Å². The van der Waals surface area contributed by atoms with Gasteiger partial charge in [0.25, 0.3) is 0 Å². The maximum absolute atomic E-state index is 11.0. The molecule has 0 amide bonds. The molecule has 0 aliphatic carbocycles. The Morgan fingerprint density at radius 3 is 2.65 bits per heavy atom.